The van der Waals surface area contributed by atoms with Gasteiger partial charge >= 0.3 is 5.97 Å². The highest BCUT2D eigenvalue weighted by atomic mass is 32.2. The molecule has 0 aliphatic heterocycles. The molecule has 31 heavy (non-hydrogen) atoms. The van der Waals surface area contributed by atoms with Gasteiger partial charge in [-0.1, -0.05) is 17.8 Å². The van der Waals surface area contributed by atoms with Gasteiger partial charge in [0.2, 0.25) is 5.91 Å². The zero-order chi connectivity index (χ0) is 22.2. The van der Waals surface area contributed by atoms with E-state index in [-0.39, 0.29) is 23.5 Å². The van der Waals surface area contributed by atoms with Gasteiger partial charge in [-0.15, -0.1) is 10.2 Å². The van der Waals surface area contributed by atoms with Crippen LogP contribution in [0.3, 0.4) is 0 Å². The first-order valence-electron chi connectivity index (χ1n) is 9.67. The third-order valence-corrected chi connectivity index (χ3v) is 5.11. The van der Waals surface area contributed by atoms with Crippen LogP contribution in [0.2, 0.25) is 0 Å². The van der Waals surface area contributed by atoms with Crippen LogP contribution >= 0.6 is 11.8 Å². The lowest BCUT2D eigenvalue weighted by Gasteiger charge is -2.06. The summed E-state index contributed by atoms with van der Waals surface area (Å²) in [6, 6.07) is 12.3. The molecule has 0 saturated carbocycles. The fourth-order valence-electron chi connectivity index (χ4n) is 2.53. The molecule has 2 aromatic carbocycles. The van der Waals surface area contributed by atoms with Crippen LogP contribution in [0.5, 0.6) is 5.75 Å². The first-order chi connectivity index (χ1) is 14.9. The highest BCUT2D eigenvalue weighted by molar-refractivity contribution is 7.99. The largest absolute Gasteiger partial charge is 0.484 e. The molecule has 9 heteroatoms. The fraction of sp³-hybridized carbons (Fsp3) is 0.273. The Bertz CT molecular complexity index is 1050. The molecule has 0 bridgehead atoms. The highest BCUT2D eigenvalue weighted by Gasteiger charge is 2.12. The van der Waals surface area contributed by atoms with Gasteiger partial charge in [-0.3, -0.25) is 4.79 Å². The van der Waals surface area contributed by atoms with E-state index in [9.17, 15) is 9.59 Å². The van der Waals surface area contributed by atoms with Crippen LogP contribution in [0.15, 0.2) is 52.1 Å². The van der Waals surface area contributed by atoms with Crippen molar-refractivity contribution in [2.75, 3.05) is 17.7 Å². The molecule has 0 unspecified atom stereocenters. The Balaban J connectivity index is 1.45. The summed E-state index contributed by atoms with van der Waals surface area (Å²) in [5.74, 6) is 0.517. The van der Waals surface area contributed by atoms with Crippen molar-refractivity contribution < 1.29 is 23.5 Å². The van der Waals surface area contributed by atoms with E-state index in [0.717, 1.165) is 23.1 Å². The van der Waals surface area contributed by atoms with Gasteiger partial charge in [0.15, 0.2) is 6.61 Å². The molecule has 3 aromatic rings. The van der Waals surface area contributed by atoms with Crippen LogP contribution < -0.4 is 10.1 Å². The average molecular weight is 442 g/mol. The number of benzene rings is 2. The first kappa shape index (κ1) is 22.4. The van der Waals surface area contributed by atoms with E-state index >= 15 is 0 Å². The van der Waals surface area contributed by atoms with Crippen molar-refractivity contribution in [3.05, 3.63) is 65.0 Å². The molecule has 1 aromatic heterocycles. The van der Waals surface area contributed by atoms with E-state index in [1.54, 1.807) is 31.2 Å². The molecule has 1 amide bonds. The molecule has 0 aliphatic carbocycles. The van der Waals surface area contributed by atoms with E-state index in [1.807, 2.05) is 32.0 Å². The quantitative estimate of drug-likeness (QED) is 0.390. The van der Waals surface area contributed by atoms with Crippen LogP contribution in [0.25, 0.3) is 0 Å². The Morgan fingerprint density at radius 3 is 2.55 bits per heavy atom. The number of amides is 1. The zero-order valence-electron chi connectivity index (χ0n) is 17.5. The van der Waals surface area contributed by atoms with Crippen molar-refractivity contribution in [3.8, 4) is 5.75 Å². The number of nitrogens with one attached hydrogen (secondary N) is 1. The van der Waals surface area contributed by atoms with E-state index < -0.39 is 5.97 Å². The van der Waals surface area contributed by atoms with Crippen LogP contribution in [0.1, 0.15) is 34.3 Å². The lowest BCUT2D eigenvalue weighted by Crippen LogP contribution is -2.14. The molecule has 0 radical (unpaired) electrons. The van der Waals surface area contributed by atoms with Crippen molar-refractivity contribution in [1.82, 2.24) is 10.2 Å². The monoisotopic (exact) mass is 441 g/mol. The number of aryl methyl sites for hydroxylation is 2. The summed E-state index contributed by atoms with van der Waals surface area (Å²) in [5.41, 5.74) is 3.33. The Hall–Kier alpha value is -3.33. The molecule has 0 saturated heterocycles. The van der Waals surface area contributed by atoms with Crippen molar-refractivity contribution >= 4 is 29.3 Å². The summed E-state index contributed by atoms with van der Waals surface area (Å²) in [5, 5.41) is 10.9. The molecule has 0 atom stereocenters. The minimum atomic E-state index is -0.398. The predicted molar refractivity (Wildman–Crippen MR) is 116 cm³/mol. The molecule has 3 rings (SSSR count). The summed E-state index contributed by atoms with van der Waals surface area (Å²) >= 11 is 1.13. The van der Waals surface area contributed by atoms with E-state index in [2.05, 4.69) is 15.5 Å². The maximum absolute atomic E-state index is 12.1. The van der Waals surface area contributed by atoms with Gasteiger partial charge in [-0.2, -0.15) is 0 Å². The number of aromatic nitrogens is 2. The molecular formula is C22H23N3O5S. The summed E-state index contributed by atoms with van der Waals surface area (Å²) in [6.45, 7) is 6.26. The van der Waals surface area contributed by atoms with Crippen LogP contribution in [-0.2, 0) is 16.1 Å². The Kier molecular flexibility index (Phi) is 7.66. The Morgan fingerprint density at radius 2 is 1.84 bits per heavy atom. The maximum Gasteiger partial charge on any atom is 0.338 e. The lowest BCUT2D eigenvalue weighted by atomic mass is 10.1. The number of thioether (sulfide) groups is 1. The summed E-state index contributed by atoms with van der Waals surface area (Å²) in [4.78, 5) is 23.8. The van der Waals surface area contributed by atoms with Crippen molar-refractivity contribution in [1.29, 1.82) is 0 Å². The van der Waals surface area contributed by atoms with Gasteiger partial charge in [0.25, 0.3) is 11.1 Å². The smallest absolute Gasteiger partial charge is 0.338 e. The molecule has 1 N–H and O–H groups in total. The number of hydrogen-bond acceptors (Lipinski definition) is 8. The van der Waals surface area contributed by atoms with E-state index in [0.29, 0.717) is 23.7 Å². The summed E-state index contributed by atoms with van der Waals surface area (Å²) < 4.78 is 16.1. The molecule has 0 aliphatic rings. The SMILES string of the molecule is CCOC(=O)c1ccc(NC(=O)CSc2nnc(COc3ccc(C)c(C)c3)o2)cc1. The van der Waals surface area contributed by atoms with Gasteiger partial charge in [-0.05, 0) is 68.3 Å². The van der Waals surface area contributed by atoms with Gasteiger partial charge < -0.3 is 19.2 Å². The average Bonchev–Trinajstić information content (AvgIpc) is 3.22. The second-order valence-electron chi connectivity index (χ2n) is 6.63. The molecule has 0 spiro atoms. The van der Waals surface area contributed by atoms with Crippen LogP contribution in [0, 0.1) is 13.8 Å². The van der Waals surface area contributed by atoms with Gasteiger partial charge in [-0.25, -0.2) is 4.79 Å². The molecule has 0 fully saturated rings. The normalized spacial score (nSPS) is 10.5. The number of carbonyl (C=O) groups is 2. The Labute approximate surface area is 184 Å². The number of hydrogen-bond donors (Lipinski definition) is 1. The topological polar surface area (TPSA) is 104 Å². The van der Waals surface area contributed by atoms with Crippen LogP contribution in [0.4, 0.5) is 5.69 Å². The zero-order valence-corrected chi connectivity index (χ0v) is 18.3. The lowest BCUT2D eigenvalue weighted by molar-refractivity contribution is -0.113. The number of nitrogens with zero attached hydrogens (tertiary/aromatic N) is 2. The van der Waals surface area contributed by atoms with E-state index in [1.165, 1.54) is 5.56 Å². The second-order valence-corrected chi connectivity index (χ2v) is 7.56. The molecule has 1 heterocycles. The molecule has 8 nitrogen and oxygen atoms in total. The predicted octanol–water partition coefficient (Wildman–Crippen LogP) is 4.17. The van der Waals surface area contributed by atoms with Gasteiger partial charge in [0.05, 0.1) is 17.9 Å². The third kappa shape index (κ3) is 6.58. The number of ether oxygens (including phenoxy) is 2. The third-order valence-electron chi connectivity index (χ3n) is 4.30. The van der Waals surface area contributed by atoms with Crippen molar-refractivity contribution in [3.63, 3.8) is 0 Å². The minimum absolute atomic E-state index is 0.0965. The Morgan fingerprint density at radius 1 is 1.06 bits per heavy atom. The van der Waals surface area contributed by atoms with E-state index in [4.69, 9.17) is 13.9 Å². The van der Waals surface area contributed by atoms with Gasteiger partial charge in [0, 0.05) is 5.69 Å². The maximum atomic E-state index is 12.1. The summed E-state index contributed by atoms with van der Waals surface area (Å²) in [7, 11) is 0. The highest BCUT2D eigenvalue weighted by Crippen LogP contribution is 2.20. The standard InChI is InChI=1S/C22H23N3O5S/c1-4-28-21(27)16-6-8-17(9-7-16)23-19(26)13-31-22-25-24-20(30-22)12-29-18-10-5-14(2)15(3)11-18/h5-11H,4,12-13H2,1-3H3,(H,23,26). The second kappa shape index (κ2) is 10.6. The van der Waals surface area contributed by atoms with Crippen LogP contribution in [-0.4, -0.2) is 34.4 Å². The number of carbonyl (C=O) groups excluding carboxylic acids is 2. The number of anilines is 1. The fourth-order valence-corrected chi connectivity index (χ4v) is 3.11. The van der Waals surface area contributed by atoms with Gasteiger partial charge in [0.1, 0.15) is 5.75 Å². The molecular weight excluding hydrogens is 418 g/mol. The first-order valence-corrected chi connectivity index (χ1v) is 10.7. The molecule has 162 valence electrons. The van der Waals surface area contributed by atoms with Crippen molar-refractivity contribution in [2.45, 2.75) is 32.6 Å². The van der Waals surface area contributed by atoms with Crippen molar-refractivity contribution in [2.24, 2.45) is 0 Å². The minimum Gasteiger partial charge on any atom is -0.484 e. The summed E-state index contributed by atoms with van der Waals surface area (Å²) in [6.07, 6.45) is 0. The number of rotatable bonds is 9. The number of esters is 1.